The summed E-state index contributed by atoms with van der Waals surface area (Å²) in [6, 6.07) is 6.38. The molecule has 2 aromatic rings. The van der Waals surface area contributed by atoms with Crippen LogP contribution in [-0.2, 0) is 15.6 Å². The van der Waals surface area contributed by atoms with Gasteiger partial charge in [-0.3, -0.25) is 4.98 Å². The number of hydrogen-bond acceptors (Lipinski definition) is 4. The fourth-order valence-electron chi connectivity index (χ4n) is 1.89. The fraction of sp³-hybridized carbons (Fsp3) is 0.214. The van der Waals surface area contributed by atoms with Crippen molar-refractivity contribution in [3.8, 4) is 0 Å². The molecule has 0 saturated heterocycles. The molecule has 0 atom stereocenters. The standard InChI is InChI=1S/C14H15ClN2O2S/c1-9-7-17-12(10(2)14(9)16)8-20(18,19)13-6-4-3-5-11(13)15/h3-7H,8H2,1-2H3,(H2,16,17). The summed E-state index contributed by atoms with van der Waals surface area (Å²) in [6.45, 7) is 3.61. The molecule has 0 aliphatic rings. The van der Waals surface area contributed by atoms with Gasteiger partial charge in [0.1, 0.15) is 0 Å². The lowest BCUT2D eigenvalue weighted by Crippen LogP contribution is -2.10. The van der Waals surface area contributed by atoms with E-state index in [1.807, 2.05) is 6.92 Å². The molecular weight excluding hydrogens is 296 g/mol. The Hall–Kier alpha value is -1.59. The van der Waals surface area contributed by atoms with E-state index in [4.69, 9.17) is 17.3 Å². The second kappa shape index (κ2) is 5.42. The topological polar surface area (TPSA) is 73.0 Å². The second-order valence-corrected chi connectivity index (χ2v) is 6.98. The second-order valence-electron chi connectivity index (χ2n) is 4.62. The van der Waals surface area contributed by atoms with Gasteiger partial charge in [0.2, 0.25) is 0 Å². The van der Waals surface area contributed by atoms with Gasteiger partial charge in [-0.2, -0.15) is 0 Å². The van der Waals surface area contributed by atoms with Crippen LogP contribution < -0.4 is 5.73 Å². The number of sulfone groups is 1. The summed E-state index contributed by atoms with van der Waals surface area (Å²) in [4.78, 5) is 4.29. The number of nitrogens with zero attached hydrogens (tertiary/aromatic N) is 1. The maximum Gasteiger partial charge on any atom is 0.185 e. The van der Waals surface area contributed by atoms with E-state index in [-0.39, 0.29) is 15.7 Å². The summed E-state index contributed by atoms with van der Waals surface area (Å²) in [5.74, 6) is -0.215. The average molecular weight is 311 g/mol. The number of hydrogen-bond donors (Lipinski definition) is 1. The van der Waals surface area contributed by atoms with Crippen LogP contribution in [0.2, 0.25) is 5.02 Å². The van der Waals surface area contributed by atoms with Gasteiger partial charge in [0.25, 0.3) is 0 Å². The van der Waals surface area contributed by atoms with Crippen molar-refractivity contribution in [1.29, 1.82) is 0 Å². The van der Waals surface area contributed by atoms with Crippen molar-refractivity contribution in [3.05, 3.63) is 52.3 Å². The summed E-state index contributed by atoms with van der Waals surface area (Å²) in [6.07, 6.45) is 1.58. The largest absolute Gasteiger partial charge is 0.398 e. The van der Waals surface area contributed by atoms with Gasteiger partial charge >= 0.3 is 0 Å². The average Bonchev–Trinajstić information content (AvgIpc) is 2.40. The molecule has 0 amide bonds. The quantitative estimate of drug-likeness (QED) is 0.946. The lowest BCUT2D eigenvalue weighted by Gasteiger charge is -2.11. The molecule has 0 fully saturated rings. The van der Waals surface area contributed by atoms with Crippen LogP contribution in [0.3, 0.4) is 0 Å². The molecule has 2 rings (SSSR count). The molecule has 0 aliphatic heterocycles. The fourth-order valence-corrected chi connectivity index (χ4v) is 3.84. The normalized spacial score (nSPS) is 11.6. The van der Waals surface area contributed by atoms with Crippen molar-refractivity contribution in [2.24, 2.45) is 0 Å². The van der Waals surface area contributed by atoms with Crippen LogP contribution in [-0.4, -0.2) is 13.4 Å². The first kappa shape index (κ1) is 14.8. The Labute approximate surface area is 123 Å². The highest BCUT2D eigenvalue weighted by Crippen LogP contribution is 2.26. The monoisotopic (exact) mass is 310 g/mol. The van der Waals surface area contributed by atoms with Crippen LogP contribution >= 0.6 is 11.6 Å². The van der Waals surface area contributed by atoms with E-state index in [2.05, 4.69) is 4.98 Å². The van der Waals surface area contributed by atoms with Crippen molar-refractivity contribution < 1.29 is 8.42 Å². The zero-order valence-corrected chi connectivity index (χ0v) is 12.8. The molecule has 0 saturated carbocycles. The molecule has 0 radical (unpaired) electrons. The number of anilines is 1. The minimum Gasteiger partial charge on any atom is -0.398 e. The molecule has 2 N–H and O–H groups in total. The summed E-state index contributed by atoms with van der Waals surface area (Å²) in [7, 11) is -3.55. The number of nitrogens with two attached hydrogens (primary N) is 1. The molecular formula is C14H15ClN2O2S. The maximum absolute atomic E-state index is 12.4. The molecule has 106 valence electrons. The Morgan fingerprint density at radius 3 is 2.55 bits per heavy atom. The number of halogens is 1. The molecule has 0 bridgehead atoms. The Morgan fingerprint density at radius 2 is 1.90 bits per heavy atom. The molecule has 4 nitrogen and oxygen atoms in total. The molecule has 20 heavy (non-hydrogen) atoms. The van der Waals surface area contributed by atoms with Crippen LogP contribution in [0.4, 0.5) is 5.69 Å². The number of nitrogen functional groups attached to an aromatic ring is 1. The minimum absolute atomic E-state index is 0.113. The first-order valence-corrected chi connectivity index (χ1v) is 8.04. The Morgan fingerprint density at radius 1 is 1.25 bits per heavy atom. The predicted octanol–water partition coefficient (Wildman–Crippen LogP) is 2.91. The lowest BCUT2D eigenvalue weighted by molar-refractivity contribution is 0.594. The van der Waals surface area contributed by atoms with Crippen LogP contribution in [0, 0.1) is 13.8 Å². The molecule has 1 aromatic carbocycles. The number of pyridine rings is 1. The van der Waals surface area contributed by atoms with E-state index in [0.29, 0.717) is 16.9 Å². The third-order valence-corrected chi connectivity index (χ3v) is 5.30. The van der Waals surface area contributed by atoms with E-state index in [1.165, 1.54) is 6.07 Å². The van der Waals surface area contributed by atoms with Gasteiger partial charge in [-0.1, -0.05) is 23.7 Å². The summed E-state index contributed by atoms with van der Waals surface area (Å²) in [5, 5.41) is 0.213. The third-order valence-electron chi connectivity index (χ3n) is 3.17. The minimum atomic E-state index is -3.55. The van der Waals surface area contributed by atoms with E-state index < -0.39 is 9.84 Å². The van der Waals surface area contributed by atoms with E-state index in [1.54, 1.807) is 31.3 Å². The molecule has 0 unspecified atom stereocenters. The van der Waals surface area contributed by atoms with Gasteiger partial charge in [0.15, 0.2) is 9.84 Å². The smallest absolute Gasteiger partial charge is 0.185 e. The molecule has 6 heteroatoms. The maximum atomic E-state index is 12.4. The van der Waals surface area contributed by atoms with Crippen molar-refractivity contribution >= 4 is 27.1 Å². The van der Waals surface area contributed by atoms with Gasteiger partial charge in [-0.25, -0.2) is 8.42 Å². The van der Waals surface area contributed by atoms with E-state index in [0.717, 1.165) is 5.56 Å². The number of benzene rings is 1. The van der Waals surface area contributed by atoms with Crippen molar-refractivity contribution in [2.75, 3.05) is 5.73 Å². The molecule has 1 aromatic heterocycles. The number of rotatable bonds is 3. The molecule has 1 heterocycles. The number of aryl methyl sites for hydroxylation is 1. The Balaban J connectivity index is 2.45. The van der Waals surface area contributed by atoms with Crippen LogP contribution in [0.1, 0.15) is 16.8 Å². The highest BCUT2D eigenvalue weighted by molar-refractivity contribution is 7.90. The van der Waals surface area contributed by atoms with E-state index in [9.17, 15) is 8.42 Å². The zero-order valence-electron chi connectivity index (χ0n) is 11.2. The molecule has 0 spiro atoms. The van der Waals surface area contributed by atoms with Crippen molar-refractivity contribution in [2.45, 2.75) is 24.5 Å². The first-order chi connectivity index (χ1) is 9.33. The summed E-state index contributed by atoms with van der Waals surface area (Å²) in [5.41, 5.74) is 8.46. The van der Waals surface area contributed by atoms with Gasteiger partial charge in [0, 0.05) is 11.9 Å². The zero-order chi connectivity index (χ0) is 14.9. The van der Waals surface area contributed by atoms with Crippen LogP contribution in [0.5, 0.6) is 0 Å². The lowest BCUT2D eigenvalue weighted by atomic mass is 10.1. The Bertz CT molecular complexity index is 758. The van der Waals surface area contributed by atoms with Gasteiger partial charge in [-0.15, -0.1) is 0 Å². The third kappa shape index (κ3) is 2.78. The van der Waals surface area contributed by atoms with Gasteiger partial charge in [-0.05, 0) is 37.1 Å². The summed E-state index contributed by atoms with van der Waals surface area (Å²) >= 11 is 5.95. The van der Waals surface area contributed by atoms with Gasteiger partial charge in [0.05, 0.1) is 21.4 Å². The van der Waals surface area contributed by atoms with Crippen LogP contribution in [0.15, 0.2) is 35.4 Å². The highest BCUT2D eigenvalue weighted by Gasteiger charge is 2.21. The van der Waals surface area contributed by atoms with E-state index >= 15 is 0 Å². The SMILES string of the molecule is Cc1cnc(CS(=O)(=O)c2ccccc2Cl)c(C)c1N. The Kier molecular flexibility index (Phi) is 4.01. The first-order valence-electron chi connectivity index (χ1n) is 6.01. The predicted molar refractivity (Wildman–Crippen MR) is 80.5 cm³/mol. The van der Waals surface area contributed by atoms with Crippen molar-refractivity contribution in [1.82, 2.24) is 4.98 Å². The number of aromatic nitrogens is 1. The summed E-state index contributed by atoms with van der Waals surface area (Å²) < 4.78 is 24.8. The molecule has 0 aliphatic carbocycles. The van der Waals surface area contributed by atoms with Crippen molar-refractivity contribution in [3.63, 3.8) is 0 Å². The van der Waals surface area contributed by atoms with Gasteiger partial charge < -0.3 is 5.73 Å². The van der Waals surface area contributed by atoms with Crippen LogP contribution in [0.25, 0.3) is 0 Å². The highest BCUT2D eigenvalue weighted by atomic mass is 35.5.